The van der Waals surface area contributed by atoms with Crippen molar-refractivity contribution in [1.29, 1.82) is 5.26 Å². The lowest BCUT2D eigenvalue weighted by Gasteiger charge is -2.38. The predicted molar refractivity (Wildman–Crippen MR) is 105 cm³/mol. The van der Waals surface area contributed by atoms with Crippen LogP contribution in [0, 0.1) is 11.3 Å². The average Bonchev–Trinajstić information content (AvgIpc) is 3.44. The number of thiazole rings is 1. The van der Waals surface area contributed by atoms with Crippen molar-refractivity contribution in [3.8, 4) is 22.4 Å². The third-order valence-corrected chi connectivity index (χ3v) is 6.23. The lowest BCUT2D eigenvalue weighted by atomic mass is 10.2. The number of rotatable bonds is 4. The van der Waals surface area contributed by atoms with E-state index in [2.05, 4.69) is 9.97 Å². The van der Waals surface area contributed by atoms with Gasteiger partial charge in [0.25, 0.3) is 6.01 Å². The number of carbonyl (C=O) groups is 1. The summed E-state index contributed by atoms with van der Waals surface area (Å²) in [5.74, 6) is 0.476. The van der Waals surface area contributed by atoms with Gasteiger partial charge in [0.05, 0.1) is 17.6 Å². The number of carboxylic acid groups (broad SMARTS) is 1. The third kappa shape index (κ3) is 2.94. The van der Waals surface area contributed by atoms with Crippen LogP contribution in [-0.4, -0.2) is 57.8 Å². The van der Waals surface area contributed by atoms with E-state index >= 15 is 0 Å². The predicted octanol–water partition coefficient (Wildman–Crippen LogP) is 3.18. The molecule has 5 rings (SSSR count). The molecule has 9 nitrogen and oxygen atoms in total. The minimum absolute atomic E-state index is 0.0611. The molecule has 2 aliphatic heterocycles. The van der Waals surface area contributed by atoms with Crippen molar-refractivity contribution >= 4 is 34.5 Å². The molecule has 4 heterocycles. The van der Waals surface area contributed by atoms with Crippen LogP contribution in [0.5, 0.6) is 5.75 Å². The fourth-order valence-electron chi connectivity index (χ4n) is 4.23. The number of hydrogen-bond donors (Lipinski definition) is 1. The average molecular weight is 411 g/mol. The van der Waals surface area contributed by atoms with Crippen molar-refractivity contribution in [3.63, 3.8) is 0 Å². The molecule has 29 heavy (non-hydrogen) atoms. The molecule has 10 heteroatoms. The smallest absolute Gasteiger partial charge is 0.407 e. The first-order chi connectivity index (χ1) is 14.2. The molecule has 1 aromatic carbocycles. The molecule has 2 unspecified atom stereocenters. The first-order valence-electron chi connectivity index (χ1n) is 9.25. The van der Waals surface area contributed by atoms with Crippen LogP contribution in [0.15, 0.2) is 28.1 Å². The van der Waals surface area contributed by atoms with E-state index in [1.54, 1.807) is 17.2 Å². The second kappa shape index (κ2) is 6.93. The Labute approximate surface area is 169 Å². The van der Waals surface area contributed by atoms with Gasteiger partial charge in [-0.05, 0) is 25.0 Å². The summed E-state index contributed by atoms with van der Waals surface area (Å²) in [7, 11) is 0. The van der Waals surface area contributed by atoms with Crippen molar-refractivity contribution in [2.45, 2.75) is 24.9 Å². The summed E-state index contributed by atoms with van der Waals surface area (Å²) in [6.07, 6.45) is 2.54. The second-order valence-corrected chi connectivity index (χ2v) is 7.94. The van der Waals surface area contributed by atoms with Gasteiger partial charge in [-0.3, -0.25) is 4.90 Å². The fraction of sp³-hybridized carbons (Fsp3) is 0.368. The van der Waals surface area contributed by atoms with Crippen LogP contribution >= 0.6 is 11.3 Å². The summed E-state index contributed by atoms with van der Waals surface area (Å²) >= 11 is 1.50. The summed E-state index contributed by atoms with van der Waals surface area (Å²) < 4.78 is 11.7. The molecular weight excluding hydrogens is 394 g/mol. The summed E-state index contributed by atoms with van der Waals surface area (Å²) in [6.45, 7) is 0.989. The van der Waals surface area contributed by atoms with Crippen LogP contribution in [0.2, 0.25) is 0 Å². The van der Waals surface area contributed by atoms with Crippen LogP contribution in [0.3, 0.4) is 0 Å². The number of piperazine rings is 1. The number of aromatic nitrogens is 2. The molecule has 0 aliphatic carbocycles. The van der Waals surface area contributed by atoms with Gasteiger partial charge < -0.3 is 19.2 Å². The summed E-state index contributed by atoms with van der Waals surface area (Å²) in [6, 6.07) is 5.91. The maximum atomic E-state index is 11.5. The van der Waals surface area contributed by atoms with Gasteiger partial charge >= 0.3 is 6.09 Å². The van der Waals surface area contributed by atoms with E-state index in [1.807, 2.05) is 22.4 Å². The maximum absolute atomic E-state index is 11.5. The van der Waals surface area contributed by atoms with E-state index in [4.69, 9.17) is 14.4 Å². The summed E-state index contributed by atoms with van der Waals surface area (Å²) in [4.78, 5) is 24.1. The van der Waals surface area contributed by atoms with Gasteiger partial charge in [0, 0.05) is 24.7 Å². The van der Waals surface area contributed by atoms with Crippen molar-refractivity contribution in [2.75, 3.05) is 24.6 Å². The SMILES string of the molecule is N#CCOc1ccc(-c2nccs2)c2oc(N3CC4CCC(C3)N4C(=O)O)nc12. The Morgan fingerprint density at radius 1 is 1.38 bits per heavy atom. The third-order valence-electron chi connectivity index (χ3n) is 5.42. The van der Waals surface area contributed by atoms with Crippen molar-refractivity contribution in [1.82, 2.24) is 14.9 Å². The van der Waals surface area contributed by atoms with E-state index in [0.717, 1.165) is 23.4 Å². The number of nitriles is 1. The van der Waals surface area contributed by atoms with Gasteiger partial charge in [-0.2, -0.15) is 10.2 Å². The highest BCUT2D eigenvalue weighted by atomic mass is 32.1. The molecule has 1 amide bonds. The molecule has 2 aromatic heterocycles. The molecule has 0 saturated carbocycles. The molecule has 2 saturated heterocycles. The standard InChI is InChI=1S/C19H17N5O4S/c20-5-7-27-14-4-3-13(17-21-6-8-29-17)16-15(14)22-18(28-16)23-9-11-1-2-12(10-23)24(11)19(25)26/h3-4,6,8,11-12H,1-2,7,9-10H2,(H,25,26). The maximum Gasteiger partial charge on any atom is 0.407 e. The Balaban J connectivity index is 1.55. The Bertz CT molecular complexity index is 1090. The zero-order valence-electron chi connectivity index (χ0n) is 15.3. The molecule has 2 fully saturated rings. The Kier molecular flexibility index (Phi) is 4.24. The molecule has 3 aromatic rings. The number of fused-ring (bicyclic) bond motifs is 3. The number of oxazole rings is 1. The number of benzene rings is 1. The zero-order chi connectivity index (χ0) is 20.0. The monoisotopic (exact) mass is 411 g/mol. The van der Waals surface area contributed by atoms with Crippen molar-refractivity contribution in [2.24, 2.45) is 0 Å². The number of ether oxygens (including phenoxy) is 1. The highest BCUT2D eigenvalue weighted by Crippen LogP contribution is 2.39. The molecule has 2 bridgehead atoms. The Morgan fingerprint density at radius 3 is 2.83 bits per heavy atom. The molecule has 0 spiro atoms. The molecule has 148 valence electrons. The van der Waals surface area contributed by atoms with Crippen LogP contribution in [0.25, 0.3) is 21.7 Å². The first kappa shape index (κ1) is 17.8. The van der Waals surface area contributed by atoms with E-state index in [9.17, 15) is 9.90 Å². The Morgan fingerprint density at radius 2 is 2.17 bits per heavy atom. The van der Waals surface area contributed by atoms with Crippen LogP contribution in [0.4, 0.5) is 10.8 Å². The molecule has 0 radical (unpaired) electrons. The number of nitrogens with zero attached hydrogens (tertiary/aromatic N) is 5. The van der Waals surface area contributed by atoms with Gasteiger partial charge in [-0.1, -0.05) is 0 Å². The van der Waals surface area contributed by atoms with Gasteiger partial charge in [-0.25, -0.2) is 9.78 Å². The molecule has 2 aliphatic rings. The summed E-state index contributed by atoms with van der Waals surface area (Å²) in [5.41, 5.74) is 1.90. The van der Waals surface area contributed by atoms with E-state index in [0.29, 0.717) is 36.0 Å². The number of amides is 1. The van der Waals surface area contributed by atoms with Gasteiger partial charge in [0.2, 0.25) is 0 Å². The molecule has 2 atom stereocenters. The van der Waals surface area contributed by atoms with Crippen LogP contribution < -0.4 is 9.64 Å². The summed E-state index contributed by atoms with van der Waals surface area (Å²) in [5, 5.41) is 21.0. The highest BCUT2D eigenvalue weighted by molar-refractivity contribution is 7.13. The largest absolute Gasteiger partial charge is 0.476 e. The fourth-order valence-corrected chi connectivity index (χ4v) is 4.89. The van der Waals surface area contributed by atoms with E-state index in [-0.39, 0.29) is 18.7 Å². The highest BCUT2D eigenvalue weighted by Gasteiger charge is 2.43. The van der Waals surface area contributed by atoms with Crippen LogP contribution in [0.1, 0.15) is 12.8 Å². The lowest BCUT2D eigenvalue weighted by molar-refractivity contribution is 0.114. The van der Waals surface area contributed by atoms with Crippen LogP contribution in [-0.2, 0) is 0 Å². The number of hydrogen-bond acceptors (Lipinski definition) is 8. The minimum atomic E-state index is -0.868. The molecular formula is C19H17N5O4S. The van der Waals surface area contributed by atoms with Gasteiger partial charge in [-0.15, -0.1) is 11.3 Å². The number of anilines is 1. The second-order valence-electron chi connectivity index (χ2n) is 7.05. The first-order valence-corrected chi connectivity index (χ1v) is 10.1. The van der Waals surface area contributed by atoms with Gasteiger partial charge in [0.15, 0.2) is 23.5 Å². The quantitative estimate of drug-likeness (QED) is 0.696. The van der Waals surface area contributed by atoms with Crippen molar-refractivity contribution < 1.29 is 19.1 Å². The van der Waals surface area contributed by atoms with Crippen molar-refractivity contribution in [3.05, 3.63) is 23.7 Å². The van der Waals surface area contributed by atoms with E-state index in [1.165, 1.54) is 11.3 Å². The minimum Gasteiger partial charge on any atom is -0.476 e. The molecule has 1 N–H and O–H groups in total. The van der Waals surface area contributed by atoms with E-state index < -0.39 is 6.09 Å². The zero-order valence-corrected chi connectivity index (χ0v) is 16.1. The topological polar surface area (TPSA) is 116 Å². The Hall–Kier alpha value is -3.32. The lowest BCUT2D eigenvalue weighted by Crippen LogP contribution is -2.55. The normalized spacial score (nSPS) is 20.8. The van der Waals surface area contributed by atoms with Gasteiger partial charge in [0.1, 0.15) is 11.1 Å².